The summed E-state index contributed by atoms with van der Waals surface area (Å²) in [5.74, 6) is 2.40. The summed E-state index contributed by atoms with van der Waals surface area (Å²) >= 11 is 0. The van der Waals surface area contributed by atoms with Crippen LogP contribution >= 0.6 is 0 Å². The molecule has 1 saturated carbocycles. The number of aliphatic hydroxyl groups is 1. The Morgan fingerprint density at radius 1 is 1.38 bits per heavy atom. The standard InChI is InChI=1S/C12H21N3O/c1-9-13-10(2)15(14-9)8-12(16)7-11-5-3-4-6-11/h11-12,16H,3-8H2,1-2H3. The Morgan fingerprint density at radius 2 is 2.06 bits per heavy atom. The molecule has 4 heteroatoms. The molecule has 0 spiro atoms. The maximum absolute atomic E-state index is 10.0. The van der Waals surface area contributed by atoms with Crippen molar-refractivity contribution < 1.29 is 5.11 Å². The Bertz CT molecular complexity index is 342. The molecule has 1 heterocycles. The lowest BCUT2D eigenvalue weighted by atomic mass is 10.0. The lowest BCUT2D eigenvalue weighted by Gasteiger charge is -2.15. The summed E-state index contributed by atoms with van der Waals surface area (Å²) in [6.45, 7) is 4.40. The molecule has 4 nitrogen and oxygen atoms in total. The number of hydrogen-bond acceptors (Lipinski definition) is 3. The molecule has 0 aromatic carbocycles. The molecule has 1 aliphatic carbocycles. The monoisotopic (exact) mass is 223 g/mol. The summed E-state index contributed by atoms with van der Waals surface area (Å²) in [6, 6.07) is 0. The number of aromatic nitrogens is 3. The fraction of sp³-hybridized carbons (Fsp3) is 0.833. The van der Waals surface area contributed by atoms with Gasteiger partial charge in [0, 0.05) is 0 Å². The van der Waals surface area contributed by atoms with Crippen LogP contribution in [0.4, 0.5) is 0 Å². The van der Waals surface area contributed by atoms with Crippen LogP contribution in [0.1, 0.15) is 43.8 Å². The molecule has 0 saturated heterocycles. The second kappa shape index (κ2) is 4.95. The minimum atomic E-state index is -0.275. The fourth-order valence-corrected chi connectivity index (χ4v) is 2.64. The molecule has 1 N–H and O–H groups in total. The first-order chi connectivity index (χ1) is 7.65. The van der Waals surface area contributed by atoms with Gasteiger partial charge in [0.25, 0.3) is 0 Å². The van der Waals surface area contributed by atoms with Crippen LogP contribution in [0.3, 0.4) is 0 Å². The number of aliphatic hydroxyl groups excluding tert-OH is 1. The van der Waals surface area contributed by atoms with Gasteiger partial charge in [0.15, 0.2) is 0 Å². The lowest BCUT2D eigenvalue weighted by molar-refractivity contribution is 0.119. The van der Waals surface area contributed by atoms with Crippen molar-refractivity contribution in [3.8, 4) is 0 Å². The van der Waals surface area contributed by atoms with E-state index in [4.69, 9.17) is 0 Å². The molecule has 0 bridgehead atoms. The minimum absolute atomic E-state index is 0.275. The van der Waals surface area contributed by atoms with Gasteiger partial charge < -0.3 is 5.11 Å². The molecular weight excluding hydrogens is 202 g/mol. The second-order valence-corrected chi connectivity index (χ2v) is 4.93. The molecule has 16 heavy (non-hydrogen) atoms. The zero-order valence-corrected chi connectivity index (χ0v) is 10.2. The molecule has 1 unspecified atom stereocenters. The average molecular weight is 223 g/mol. The number of aryl methyl sites for hydroxylation is 2. The average Bonchev–Trinajstić information content (AvgIpc) is 2.78. The summed E-state index contributed by atoms with van der Waals surface area (Å²) in [7, 11) is 0. The molecule has 1 fully saturated rings. The van der Waals surface area contributed by atoms with E-state index >= 15 is 0 Å². The van der Waals surface area contributed by atoms with Gasteiger partial charge in [-0.3, -0.25) is 0 Å². The van der Waals surface area contributed by atoms with E-state index in [1.807, 2.05) is 18.5 Å². The number of nitrogens with zero attached hydrogens (tertiary/aromatic N) is 3. The Morgan fingerprint density at radius 3 is 2.62 bits per heavy atom. The van der Waals surface area contributed by atoms with Crippen LogP contribution in [0.15, 0.2) is 0 Å². The highest BCUT2D eigenvalue weighted by atomic mass is 16.3. The van der Waals surface area contributed by atoms with Crippen molar-refractivity contribution in [2.75, 3.05) is 0 Å². The summed E-state index contributed by atoms with van der Waals surface area (Å²) < 4.78 is 1.81. The Kier molecular flexibility index (Phi) is 3.59. The van der Waals surface area contributed by atoms with E-state index in [2.05, 4.69) is 10.1 Å². The third-order valence-electron chi connectivity index (χ3n) is 3.43. The highest BCUT2D eigenvalue weighted by molar-refractivity contribution is 4.88. The maximum Gasteiger partial charge on any atom is 0.147 e. The SMILES string of the molecule is Cc1nc(C)n(CC(O)CC2CCCC2)n1. The highest BCUT2D eigenvalue weighted by Crippen LogP contribution is 2.28. The minimum Gasteiger partial charge on any atom is -0.391 e. The molecule has 0 amide bonds. The summed E-state index contributed by atoms with van der Waals surface area (Å²) in [4.78, 5) is 4.24. The zero-order chi connectivity index (χ0) is 11.5. The van der Waals surface area contributed by atoms with Crippen molar-refractivity contribution in [1.29, 1.82) is 0 Å². The molecule has 1 atom stereocenters. The van der Waals surface area contributed by atoms with Crippen LogP contribution in [0.2, 0.25) is 0 Å². The van der Waals surface area contributed by atoms with Gasteiger partial charge >= 0.3 is 0 Å². The van der Waals surface area contributed by atoms with Crippen LogP contribution in [-0.4, -0.2) is 26.0 Å². The number of hydrogen-bond donors (Lipinski definition) is 1. The van der Waals surface area contributed by atoms with Crippen molar-refractivity contribution in [2.45, 2.75) is 58.6 Å². The van der Waals surface area contributed by atoms with E-state index in [1.165, 1.54) is 25.7 Å². The van der Waals surface area contributed by atoms with E-state index in [0.717, 1.165) is 24.0 Å². The van der Waals surface area contributed by atoms with E-state index in [0.29, 0.717) is 6.54 Å². The van der Waals surface area contributed by atoms with Crippen molar-refractivity contribution in [1.82, 2.24) is 14.8 Å². The molecule has 1 aromatic heterocycles. The first-order valence-electron chi connectivity index (χ1n) is 6.21. The van der Waals surface area contributed by atoms with Gasteiger partial charge in [-0.2, -0.15) is 5.10 Å². The Hall–Kier alpha value is -0.900. The third-order valence-corrected chi connectivity index (χ3v) is 3.43. The molecule has 2 rings (SSSR count). The molecule has 1 aromatic rings. The largest absolute Gasteiger partial charge is 0.391 e. The molecule has 90 valence electrons. The van der Waals surface area contributed by atoms with Gasteiger partial charge in [-0.05, 0) is 26.2 Å². The topological polar surface area (TPSA) is 50.9 Å². The lowest BCUT2D eigenvalue weighted by Crippen LogP contribution is -2.20. The summed E-state index contributed by atoms with van der Waals surface area (Å²) in [5, 5.41) is 14.3. The fourth-order valence-electron chi connectivity index (χ4n) is 2.64. The van der Waals surface area contributed by atoms with Crippen LogP contribution in [-0.2, 0) is 6.54 Å². The molecule has 0 aliphatic heterocycles. The van der Waals surface area contributed by atoms with Gasteiger partial charge in [-0.1, -0.05) is 25.7 Å². The maximum atomic E-state index is 10.0. The van der Waals surface area contributed by atoms with Crippen molar-refractivity contribution >= 4 is 0 Å². The van der Waals surface area contributed by atoms with E-state index in [1.54, 1.807) is 0 Å². The van der Waals surface area contributed by atoms with Crippen LogP contribution in [0.25, 0.3) is 0 Å². The van der Waals surface area contributed by atoms with Gasteiger partial charge in [-0.15, -0.1) is 0 Å². The highest BCUT2D eigenvalue weighted by Gasteiger charge is 2.19. The van der Waals surface area contributed by atoms with Crippen molar-refractivity contribution in [3.63, 3.8) is 0 Å². The van der Waals surface area contributed by atoms with Crippen LogP contribution in [0, 0.1) is 19.8 Å². The quantitative estimate of drug-likeness (QED) is 0.847. The van der Waals surface area contributed by atoms with Crippen molar-refractivity contribution in [2.24, 2.45) is 5.92 Å². The molecular formula is C12H21N3O. The second-order valence-electron chi connectivity index (χ2n) is 4.93. The third kappa shape index (κ3) is 2.82. The first kappa shape index (κ1) is 11.6. The summed E-state index contributed by atoms with van der Waals surface area (Å²) in [6.07, 6.45) is 5.87. The normalized spacial score (nSPS) is 19.2. The van der Waals surface area contributed by atoms with Gasteiger partial charge in [0.05, 0.1) is 12.6 Å². The zero-order valence-electron chi connectivity index (χ0n) is 10.2. The van der Waals surface area contributed by atoms with Gasteiger partial charge in [0.2, 0.25) is 0 Å². The first-order valence-corrected chi connectivity index (χ1v) is 6.21. The number of rotatable bonds is 4. The smallest absolute Gasteiger partial charge is 0.147 e. The van der Waals surface area contributed by atoms with Gasteiger partial charge in [-0.25, -0.2) is 9.67 Å². The summed E-state index contributed by atoms with van der Waals surface area (Å²) in [5.41, 5.74) is 0. The van der Waals surface area contributed by atoms with E-state index < -0.39 is 0 Å². The molecule has 0 radical (unpaired) electrons. The predicted molar refractivity (Wildman–Crippen MR) is 62.1 cm³/mol. The Labute approximate surface area is 96.7 Å². The van der Waals surface area contributed by atoms with E-state index in [9.17, 15) is 5.11 Å². The molecule has 1 aliphatic rings. The van der Waals surface area contributed by atoms with E-state index in [-0.39, 0.29) is 6.10 Å². The van der Waals surface area contributed by atoms with Gasteiger partial charge in [0.1, 0.15) is 11.6 Å². The predicted octanol–water partition coefficient (Wildman–Crippen LogP) is 1.84. The van der Waals surface area contributed by atoms with Crippen LogP contribution in [0.5, 0.6) is 0 Å². The Balaban J connectivity index is 1.86. The van der Waals surface area contributed by atoms with Crippen molar-refractivity contribution in [3.05, 3.63) is 11.6 Å². The van der Waals surface area contributed by atoms with Crippen LogP contribution < -0.4 is 0 Å².